The molecule has 1 fully saturated rings. The van der Waals surface area contributed by atoms with Gasteiger partial charge in [0.1, 0.15) is 5.75 Å². The second kappa shape index (κ2) is 15.0. The van der Waals surface area contributed by atoms with Crippen LogP contribution in [0.15, 0.2) is 83.5 Å². The molecule has 3 aliphatic rings. The number of hydrogen-bond acceptors (Lipinski definition) is 7. The van der Waals surface area contributed by atoms with Crippen molar-refractivity contribution in [2.75, 3.05) is 46.5 Å². The lowest BCUT2D eigenvalue weighted by Crippen LogP contribution is -2.39. The highest BCUT2D eigenvalue weighted by Crippen LogP contribution is 2.40. The minimum Gasteiger partial charge on any atom is -0.497 e. The number of aliphatic hydroxyl groups excluding tert-OH is 1. The van der Waals surface area contributed by atoms with Gasteiger partial charge in [0, 0.05) is 38.5 Å². The molecule has 9 nitrogen and oxygen atoms in total. The molecule has 1 N–H and O–H groups in total. The van der Waals surface area contributed by atoms with Crippen LogP contribution in [0.2, 0.25) is 0 Å². The number of likely N-dealkylation sites (tertiary alicyclic amines) is 1. The molecule has 1 amide bonds. The van der Waals surface area contributed by atoms with Gasteiger partial charge in [-0.15, -0.1) is 0 Å². The highest BCUT2D eigenvalue weighted by molar-refractivity contribution is 7.89. The van der Waals surface area contributed by atoms with E-state index in [1.807, 2.05) is 11.0 Å². The Morgan fingerprint density at radius 1 is 0.936 bits per heavy atom. The summed E-state index contributed by atoms with van der Waals surface area (Å²) >= 11 is 0. The minimum atomic E-state index is -3.89. The quantitative estimate of drug-likeness (QED) is 0.227. The monoisotopic (exact) mass is 660 g/mol. The molecule has 2 heterocycles. The van der Waals surface area contributed by atoms with Gasteiger partial charge in [-0.05, 0) is 77.4 Å². The maximum absolute atomic E-state index is 13.8. The van der Waals surface area contributed by atoms with Crippen LogP contribution in [0.4, 0.5) is 0 Å². The summed E-state index contributed by atoms with van der Waals surface area (Å²) in [6, 6.07) is 21.2. The van der Waals surface area contributed by atoms with Crippen LogP contribution in [-0.2, 0) is 30.7 Å². The van der Waals surface area contributed by atoms with E-state index in [4.69, 9.17) is 14.2 Å². The zero-order valence-corrected chi connectivity index (χ0v) is 27.8. The fourth-order valence-electron chi connectivity index (χ4n) is 6.79. The third kappa shape index (κ3) is 7.56. The van der Waals surface area contributed by atoms with E-state index in [2.05, 4.69) is 42.5 Å². The first kappa shape index (κ1) is 33.2. The molecule has 47 heavy (non-hydrogen) atoms. The second-order valence-electron chi connectivity index (χ2n) is 12.4. The van der Waals surface area contributed by atoms with Crippen molar-refractivity contribution in [2.45, 2.75) is 62.0 Å². The Morgan fingerprint density at radius 2 is 1.66 bits per heavy atom. The molecule has 3 aromatic carbocycles. The van der Waals surface area contributed by atoms with Gasteiger partial charge in [0.25, 0.3) is 5.91 Å². The van der Waals surface area contributed by atoms with Gasteiger partial charge in [-0.1, -0.05) is 61.7 Å². The Morgan fingerprint density at radius 3 is 2.40 bits per heavy atom. The number of carbonyl (C=O) groups is 1. The topological polar surface area (TPSA) is 106 Å². The van der Waals surface area contributed by atoms with Gasteiger partial charge in [-0.25, -0.2) is 8.42 Å². The Bertz CT molecular complexity index is 1680. The first-order valence-electron chi connectivity index (χ1n) is 16.6. The highest BCUT2D eigenvalue weighted by Gasteiger charge is 2.33. The van der Waals surface area contributed by atoms with E-state index in [1.54, 1.807) is 12.1 Å². The van der Waals surface area contributed by atoms with Crippen LogP contribution in [0.5, 0.6) is 5.75 Å². The minimum absolute atomic E-state index is 0.00960. The number of allylic oxidation sites excluding steroid dienone is 1. The summed E-state index contributed by atoms with van der Waals surface area (Å²) in [7, 11) is -2.38. The van der Waals surface area contributed by atoms with Gasteiger partial charge in [0.05, 0.1) is 25.2 Å². The normalized spacial score (nSPS) is 19.6. The first-order chi connectivity index (χ1) is 22.9. The number of methoxy groups -OCH3 is 1. The third-order valence-corrected chi connectivity index (χ3v) is 11.3. The smallest absolute Gasteiger partial charge is 0.288 e. The van der Waals surface area contributed by atoms with Crippen molar-refractivity contribution >= 4 is 15.9 Å². The Kier molecular flexibility index (Phi) is 10.6. The number of sulfonamides is 1. The SMILES string of the molecule is COc1ccc(S(=O)(=O)N(CCO)CCO[C@H]2C[C@@H](c3ccc4c(c3)Cc3ccccc3-4)C=C(C(=O)N3CCCCCCC3)O2)cc1. The van der Waals surface area contributed by atoms with E-state index < -0.39 is 16.3 Å². The Labute approximate surface area is 277 Å². The number of carbonyl (C=O) groups excluding carboxylic acids is 1. The maximum Gasteiger partial charge on any atom is 0.288 e. The lowest BCUT2D eigenvalue weighted by Gasteiger charge is -2.33. The Balaban J connectivity index is 1.20. The van der Waals surface area contributed by atoms with Crippen molar-refractivity contribution in [1.82, 2.24) is 9.21 Å². The number of aliphatic hydroxyl groups is 1. The van der Waals surface area contributed by atoms with Gasteiger partial charge in [-0.2, -0.15) is 4.31 Å². The molecule has 0 bridgehead atoms. The van der Waals surface area contributed by atoms with Crippen LogP contribution in [0.1, 0.15) is 61.1 Å². The fourth-order valence-corrected chi connectivity index (χ4v) is 8.21. The maximum atomic E-state index is 13.8. The highest BCUT2D eigenvalue weighted by atomic mass is 32.2. The van der Waals surface area contributed by atoms with E-state index in [0.717, 1.165) is 37.7 Å². The van der Waals surface area contributed by atoms with E-state index in [-0.39, 0.29) is 48.8 Å². The summed E-state index contributed by atoms with van der Waals surface area (Å²) in [4.78, 5) is 15.8. The lowest BCUT2D eigenvalue weighted by atomic mass is 9.90. The van der Waals surface area contributed by atoms with Crippen molar-refractivity contribution < 1.29 is 32.5 Å². The van der Waals surface area contributed by atoms with Gasteiger partial charge < -0.3 is 24.2 Å². The Hall–Kier alpha value is -3.70. The molecule has 0 radical (unpaired) electrons. The number of ether oxygens (including phenoxy) is 3. The standard InChI is InChI=1S/C37H44N2O7S/c1-44-31-12-14-32(15-13-31)47(42,43)39(19-21-40)20-22-45-36-26-29(25-35(46-36)37(41)38-17-7-3-2-4-8-18-38)27-11-16-34-30(23-27)24-28-9-5-6-10-33(28)34/h5-6,9-16,23,25,29,36,40H,2-4,7-8,17-22,24,26H2,1H3/t29-,36+/m0/s1. The molecule has 0 aromatic heterocycles. The van der Waals surface area contributed by atoms with Gasteiger partial charge in [0.2, 0.25) is 16.3 Å². The average Bonchev–Trinajstić information content (AvgIpc) is 3.45. The van der Waals surface area contributed by atoms with Gasteiger partial charge in [-0.3, -0.25) is 4.79 Å². The summed E-state index contributed by atoms with van der Waals surface area (Å²) in [5, 5.41) is 9.68. The molecule has 250 valence electrons. The fraction of sp³-hybridized carbons (Fsp3) is 0.432. The molecule has 3 aromatic rings. The predicted octanol–water partition coefficient (Wildman–Crippen LogP) is 5.47. The molecule has 10 heteroatoms. The van der Waals surface area contributed by atoms with Crippen molar-refractivity contribution in [2.24, 2.45) is 0 Å². The number of nitrogens with zero attached hydrogens (tertiary/aromatic N) is 2. The average molecular weight is 661 g/mol. The van der Waals surface area contributed by atoms with E-state index >= 15 is 0 Å². The van der Waals surface area contributed by atoms with Crippen LogP contribution in [-0.4, -0.2) is 81.4 Å². The molecule has 0 unspecified atom stereocenters. The number of rotatable bonds is 11. The summed E-state index contributed by atoms with van der Waals surface area (Å²) < 4.78 is 45.6. The molecule has 2 atom stereocenters. The van der Waals surface area contributed by atoms with Crippen molar-refractivity contribution in [3.8, 4) is 16.9 Å². The summed E-state index contributed by atoms with van der Waals surface area (Å²) in [6.45, 7) is 1.02. The van der Waals surface area contributed by atoms with Crippen LogP contribution in [0, 0.1) is 0 Å². The first-order valence-corrected chi connectivity index (χ1v) is 18.1. The molecule has 1 saturated heterocycles. The molecule has 1 aliphatic carbocycles. The van der Waals surface area contributed by atoms with Gasteiger partial charge >= 0.3 is 0 Å². The van der Waals surface area contributed by atoms with E-state index in [1.165, 1.54) is 52.2 Å². The lowest BCUT2D eigenvalue weighted by molar-refractivity contribution is -0.153. The van der Waals surface area contributed by atoms with Crippen LogP contribution < -0.4 is 4.74 Å². The van der Waals surface area contributed by atoms with Crippen molar-refractivity contribution in [3.63, 3.8) is 0 Å². The summed E-state index contributed by atoms with van der Waals surface area (Å²) in [5.41, 5.74) is 6.18. The van der Waals surface area contributed by atoms with Gasteiger partial charge in [0.15, 0.2) is 5.76 Å². The predicted molar refractivity (Wildman–Crippen MR) is 179 cm³/mol. The van der Waals surface area contributed by atoms with Crippen LogP contribution in [0.3, 0.4) is 0 Å². The zero-order valence-electron chi connectivity index (χ0n) is 27.0. The number of fused-ring (bicyclic) bond motifs is 3. The van der Waals surface area contributed by atoms with Crippen LogP contribution >= 0.6 is 0 Å². The van der Waals surface area contributed by atoms with Crippen molar-refractivity contribution in [1.29, 1.82) is 0 Å². The summed E-state index contributed by atoms with van der Waals surface area (Å²) in [5.74, 6) is 0.594. The molecule has 0 saturated carbocycles. The number of benzene rings is 3. The zero-order chi connectivity index (χ0) is 32.8. The second-order valence-corrected chi connectivity index (χ2v) is 14.3. The van der Waals surface area contributed by atoms with E-state index in [0.29, 0.717) is 25.3 Å². The third-order valence-electron chi connectivity index (χ3n) is 9.35. The molecular weight excluding hydrogens is 616 g/mol. The molecular formula is C37H44N2O7S. The number of hydrogen-bond donors (Lipinski definition) is 1. The molecule has 6 rings (SSSR count). The van der Waals surface area contributed by atoms with E-state index in [9.17, 15) is 18.3 Å². The summed E-state index contributed by atoms with van der Waals surface area (Å²) in [6.07, 6.45) is 7.90. The molecule has 0 spiro atoms. The molecule has 2 aliphatic heterocycles. The number of amides is 1. The van der Waals surface area contributed by atoms with Crippen molar-refractivity contribution in [3.05, 3.63) is 95.3 Å². The largest absolute Gasteiger partial charge is 0.497 e. The van der Waals surface area contributed by atoms with Crippen LogP contribution in [0.25, 0.3) is 11.1 Å².